The Kier molecular flexibility index (Phi) is 5.38. The van der Waals surface area contributed by atoms with E-state index in [2.05, 4.69) is 10.4 Å². The van der Waals surface area contributed by atoms with E-state index in [-0.39, 0.29) is 23.9 Å². The summed E-state index contributed by atoms with van der Waals surface area (Å²) in [6, 6.07) is 0. The van der Waals surface area contributed by atoms with Crippen LogP contribution in [0.5, 0.6) is 0 Å². The maximum Gasteiger partial charge on any atom is 0.255 e. The Bertz CT molecular complexity index is 438. The summed E-state index contributed by atoms with van der Waals surface area (Å²) >= 11 is 0. The van der Waals surface area contributed by atoms with E-state index in [9.17, 15) is 4.79 Å². The van der Waals surface area contributed by atoms with Crippen LogP contribution in [0.15, 0.2) is 6.20 Å². The molecule has 0 aliphatic heterocycles. The second-order valence-electron chi connectivity index (χ2n) is 5.16. The molecule has 6 heteroatoms. The molecule has 1 amide bonds. The van der Waals surface area contributed by atoms with Crippen molar-refractivity contribution in [1.29, 1.82) is 0 Å². The molecule has 0 saturated heterocycles. The van der Waals surface area contributed by atoms with E-state index in [1.807, 2.05) is 14.0 Å². The van der Waals surface area contributed by atoms with Gasteiger partial charge in [0.15, 0.2) is 0 Å². The molecule has 108 valence electrons. The Morgan fingerprint density at radius 1 is 1.53 bits per heavy atom. The fourth-order valence-electron chi connectivity index (χ4n) is 2.73. The van der Waals surface area contributed by atoms with Crippen LogP contribution in [-0.2, 0) is 13.5 Å². The molecule has 1 heterocycles. The van der Waals surface area contributed by atoms with Gasteiger partial charge in [0.2, 0.25) is 0 Å². The molecule has 1 aliphatic rings. The minimum atomic E-state index is -0.196. The Labute approximate surface area is 120 Å². The Morgan fingerprint density at radius 3 is 2.68 bits per heavy atom. The number of rotatable bonds is 4. The highest BCUT2D eigenvalue weighted by Crippen LogP contribution is 2.29. The summed E-state index contributed by atoms with van der Waals surface area (Å²) in [5.41, 5.74) is 7.17. The number of nitrogens with zero attached hydrogens (tertiary/aromatic N) is 2. The van der Waals surface area contributed by atoms with Crippen molar-refractivity contribution in [3.05, 3.63) is 17.5 Å². The molecule has 0 bridgehead atoms. The lowest BCUT2D eigenvalue weighted by Gasteiger charge is -2.28. The van der Waals surface area contributed by atoms with Crippen LogP contribution in [0.1, 0.15) is 48.7 Å². The van der Waals surface area contributed by atoms with E-state index in [1.165, 1.54) is 0 Å². The van der Waals surface area contributed by atoms with Gasteiger partial charge in [-0.15, -0.1) is 12.4 Å². The summed E-state index contributed by atoms with van der Waals surface area (Å²) in [7, 11) is 1.84. The normalized spacial score (nSPS) is 17.0. The van der Waals surface area contributed by atoms with Crippen LogP contribution in [0.3, 0.4) is 0 Å². The van der Waals surface area contributed by atoms with Crippen LogP contribution in [-0.4, -0.2) is 27.8 Å². The second kappa shape index (κ2) is 6.39. The third-order valence-electron chi connectivity index (χ3n) is 3.81. The van der Waals surface area contributed by atoms with Gasteiger partial charge in [-0.1, -0.05) is 19.8 Å². The number of amides is 1. The zero-order valence-electron chi connectivity index (χ0n) is 11.6. The highest BCUT2D eigenvalue weighted by Gasteiger charge is 2.34. The molecule has 2 rings (SSSR count). The van der Waals surface area contributed by atoms with Crippen LogP contribution < -0.4 is 11.1 Å². The molecule has 0 unspecified atom stereocenters. The van der Waals surface area contributed by atoms with Gasteiger partial charge in [-0.25, -0.2) is 0 Å². The Morgan fingerprint density at radius 2 is 2.16 bits per heavy atom. The van der Waals surface area contributed by atoms with E-state index in [4.69, 9.17) is 5.73 Å². The van der Waals surface area contributed by atoms with Crippen molar-refractivity contribution in [2.75, 3.05) is 6.54 Å². The summed E-state index contributed by atoms with van der Waals surface area (Å²) in [6.45, 7) is 2.52. The van der Waals surface area contributed by atoms with Crippen molar-refractivity contribution in [2.45, 2.75) is 44.6 Å². The van der Waals surface area contributed by atoms with E-state index in [0.29, 0.717) is 12.1 Å². The molecule has 0 atom stereocenters. The maximum absolute atomic E-state index is 12.3. The summed E-state index contributed by atoms with van der Waals surface area (Å²) in [6.07, 6.45) is 6.80. The second-order valence-corrected chi connectivity index (χ2v) is 5.16. The van der Waals surface area contributed by atoms with Gasteiger partial charge < -0.3 is 11.1 Å². The summed E-state index contributed by atoms with van der Waals surface area (Å²) in [5.74, 6) is -0.0349. The number of carbonyl (C=O) groups is 1. The van der Waals surface area contributed by atoms with Crippen LogP contribution in [0.2, 0.25) is 0 Å². The van der Waals surface area contributed by atoms with Gasteiger partial charge in [0.25, 0.3) is 5.91 Å². The first kappa shape index (κ1) is 16.0. The minimum absolute atomic E-state index is 0. The molecule has 1 fully saturated rings. The van der Waals surface area contributed by atoms with Crippen LogP contribution in [0, 0.1) is 0 Å². The quantitative estimate of drug-likeness (QED) is 0.879. The molecule has 0 aromatic carbocycles. The van der Waals surface area contributed by atoms with Crippen molar-refractivity contribution >= 4 is 18.3 Å². The molecule has 5 nitrogen and oxygen atoms in total. The van der Waals surface area contributed by atoms with Crippen molar-refractivity contribution in [3.8, 4) is 0 Å². The molecular weight excluding hydrogens is 264 g/mol. The lowest BCUT2D eigenvalue weighted by atomic mass is 9.97. The highest BCUT2D eigenvalue weighted by atomic mass is 35.5. The summed E-state index contributed by atoms with van der Waals surface area (Å²) < 4.78 is 1.69. The third kappa shape index (κ3) is 3.28. The SMILES string of the molecule is CCc1nn(C)cc1C(=O)NC1(CN)CCCC1.Cl. The zero-order chi connectivity index (χ0) is 13.2. The molecule has 1 aromatic rings. The number of carbonyl (C=O) groups excluding carboxylic acids is 1. The van der Waals surface area contributed by atoms with Crippen molar-refractivity contribution in [3.63, 3.8) is 0 Å². The van der Waals surface area contributed by atoms with E-state index in [0.717, 1.165) is 37.8 Å². The average Bonchev–Trinajstić information content (AvgIpc) is 2.96. The average molecular weight is 287 g/mol. The van der Waals surface area contributed by atoms with Gasteiger partial charge >= 0.3 is 0 Å². The molecule has 19 heavy (non-hydrogen) atoms. The van der Waals surface area contributed by atoms with Crippen molar-refractivity contribution < 1.29 is 4.79 Å². The van der Waals surface area contributed by atoms with Crippen molar-refractivity contribution in [2.24, 2.45) is 12.8 Å². The predicted molar refractivity (Wildman–Crippen MR) is 77.6 cm³/mol. The first-order valence-corrected chi connectivity index (χ1v) is 6.65. The monoisotopic (exact) mass is 286 g/mol. The number of nitrogens with two attached hydrogens (primary N) is 1. The largest absolute Gasteiger partial charge is 0.345 e. The van der Waals surface area contributed by atoms with Gasteiger partial charge in [-0.3, -0.25) is 9.48 Å². The highest BCUT2D eigenvalue weighted by molar-refractivity contribution is 5.95. The van der Waals surface area contributed by atoms with Crippen LogP contribution in [0.4, 0.5) is 0 Å². The van der Waals surface area contributed by atoms with Gasteiger partial charge in [0.1, 0.15) is 0 Å². The van der Waals surface area contributed by atoms with E-state index in [1.54, 1.807) is 10.9 Å². The molecule has 3 N–H and O–H groups in total. The fraction of sp³-hybridized carbons (Fsp3) is 0.692. The van der Waals surface area contributed by atoms with E-state index < -0.39 is 0 Å². The lowest BCUT2D eigenvalue weighted by molar-refractivity contribution is 0.0902. The Hall–Kier alpha value is -1.07. The standard InChI is InChI=1S/C13H22N4O.ClH/c1-3-11-10(8-17(2)16-11)12(18)15-13(9-14)6-4-5-7-13;/h8H,3-7,9,14H2,1-2H3,(H,15,18);1H. The van der Waals surface area contributed by atoms with Crippen LogP contribution >= 0.6 is 12.4 Å². The van der Waals surface area contributed by atoms with Crippen LogP contribution in [0.25, 0.3) is 0 Å². The summed E-state index contributed by atoms with van der Waals surface area (Å²) in [5, 5.41) is 7.43. The minimum Gasteiger partial charge on any atom is -0.345 e. The zero-order valence-corrected chi connectivity index (χ0v) is 12.4. The maximum atomic E-state index is 12.3. The smallest absolute Gasteiger partial charge is 0.255 e. The molecule has 1 aromatic heterocycles. The number of hydrogen-bond acceptors (Lipinski definition) is 3. The molecule has 0 spiro atoms. The van der Waals surface area contributed by atoms with Gasteiger partial charge in [0.05, 0.1) is 16.8 Å². The fourth-order valence-corrected chi connectivity index (χ4v) is 2.73. The van der Waals surface area contributed by atoms with Gasteiger partial charge in [-0.05, 0) is 19.3 Å². The molecular formula is C13H23ClN4O. The van der Waals surface area contributed by atoms with Gasteiger partial charge in [0, 0.05) is 19.8 Å². The van der Waals surface area contributed by atoms with Crippen molar-refractivity contribution in [1.82, 2.24) is 15.1 Å². The molecule has 1 saturated carbocycles. The summed E-state index contributed by atoms with van der Waals surface area (Å²) in [4.78, 5) is 12.3. The number of hydrogen-bond donors (Lipinski definition) is 2. The number of aryl methyl sites for hydroxylation is 2. The number of aromatic nitrogens is 2. The Balaban J connectivity index is 0.00000180. The number of halogens is 1. The topological polar surface area (TPSA) is 72.9 Å². The number of nitrogens with one attached hydrogen (secondary N) is 1. The predicted octanol–water partition coefficient (Wildman–Crippen LogP) is 1.41. The molecule has 1 aliphatic carbocycles. The first-order chi connectivity index (χ1) is 8.60. The lowest BCUT2D eigenvalue weighted by Crippen LogP contribution is -2.51. The first-order valence-electron chi connectivity index (χ1n) is 6.65. The third-order valence-corrected chi connectivity index (χ3v) is 3.81. The van der Waals surface area contributed by atoms with Gasteiger partial charge in [-0.2, -0.15) is 5.10 Å². The van der Waals surface area contributed by atoms with E-state index >= 15 is 0 Å². The molecule has 0 radical (unpaired) electrons.